The molecule has 1 spiro atoms. The first-order valence-electron chi connectivity index (χ1n) is 12.1. The topological polar surface area (TPSA) is 0 Å². The normalized spacial score (nSPS) is 73.3. The molecule has 3 aromatic rings. The molecule has 0 amide bonds. The van der Waals surface area contributed by atoms with E-state index in [0.29, 0.717) is 0 Å². The van der Waals surface area contributed by atoms with Gasteiger partial charge in [-0.05, 0) is 0 Å². The van der Waals surface area contributed by atoms with Gasteiger partial charge < -0.3 is 0 Å². The molecule has 0 aromatic heterocycles. The Bertz CT molecular complexity index is 1750. The van der Waals surface area contributed by atoms with Crippen LogP contribution >= 0.6 is 15.9 Å². The van der Waals surface area contributed by atoms with Gasteiger partial charge in [-0.3, -0.25) is 0 Å². The minimum atomic E-state index is -3.61. The molecule has 3 heteroatoms. The van der Waals surface area contributed by atoms with Crippen LogP contribution < -0.4 is 15.6 Å². The standard InChI is InChI=1S/C23H19Si.C5H4Br.Fe/c1-4-12-20(13-5-1)24(23-18-10-11-19-23,21-14-6-2-7-15-21)22-16-8-3-9-17-22;6-5-3-1-2-4-5;/h1-19H;1-4H;. The monoisotopic (exact) mass is 522 g/mol. The van der Waals surface area contributed by atoms with Gasteiger partial charge in [-0.1, -0.05) is 0 Å². The van der Waals surface area contributed by atoms with Crippen LogP contribution in [-0.4, -0.2) is 11.3 Å². The summed E-state index contributed by atoms with van der Waals surface area (Å²) in [5.41, 5.74) is 0. The van der Waals surface area contributed by atoms with Gasteiger partial charge >= 0.3 is 183 Å². The predicted octanol–water partition coefficient (Wildman–Crippen LogP) is 5.76. The van der Waals surface area contributed by atoms with Gasteiger partial charge in [-0.2, -0.15) is 0 Å². The van der Waals surface area contributed by atoms with Crippen LogP contribution in [0.5, 0.6) is 0 Å². The Morgan fingerprint density at radius 1 is 0.548 bits per heavy atom. The number of alkyl halides is 1. The van der Waals surface area contributed by atoms with Gasteiger partial charge in [0.1, 0.15) is 0 Å². The predicted molar refractivity (Wildman–Crippen MR) is 128 cm³/mol. The van der Waals surface area contributed by atoms with Gasteiger partial charge in [0.25, 0.3) is 0 Å². The fourth-order valence-electron chi connectivity index (χ4n) is 20.5. The second kappa shape index (κ2) is 1.86. The SMILES string of the molecule is Br[C]12[CH]3[CH]4[CH]5[CH]1[Fe]45321678[CH]2[CH]1[CH]6[C]7([Si](c1ccccc1)(c1ccccc1)c1ccccc1)[CH]28. The molecule has 8 atom stereocenters. The molecule has 10 heterocycles. The Balaban J connectivity index is 1.31. The van der Waals surface area contributed by atoms with Crippen LogP contribution in [0, 0.1) is 0 Å². The van der Waals surface area contributed by atoms with Crippen LogP contribution in [0.4, 0.5) is 0 Å². The van der Waals surface area contributed by atoms with E-state index in [-0.39, 0.29) is 0 Å². The molecule has 154 valence electrons. The number of benzene rings is 3. The summed E-state index contributed by atoms with van der Waals surface area (Å²) >= 11 is 4.70. The number of hydrogen-bond donors (Lipinski definition) is 0. The van der Waals surface area contributed by atoms with Gasteiger partial charge in [-0.15, -0.1) is 0 Å². The van der Waals surface area contributed by atoms with Gasteiger partial charge in [0, 0.05) is 0 Å². The fraction of sp³-hybridized carbons (Fsp3) is 0.357. The van der Waals surface area contributed by atoms with Crippen molar-refractivity contribution in [3.05, 3.63) is 91.0 Å². The van der Waals surface area contributed by atoms with Crippen LogP contribution in [0.1, 0.15) is 0 Å². The van der Waals surface area contributed by atoms with Crippen molar-refractivity contribution in [1.82, 2.24) is 0 Å². The third-order valence-corrected chi connectivity index (χ3v) is 79.2. The van der Waals surface area contributed by atoms with E-state index >= 15 is 0 Å². The molecule has 10 fully saturated rings. The van der Waals surface area contributed by atoms with Crippen LogP contribution in [0.15, 0.2) is 91.0 Å². The van der Waals surface area contributed by atoms with Crippen molar-refractivity contribution >= 4 is 39.6 Å². The molecule has 10 aliphatic heterocycles. The van der Waals surface area contributed by atoms with E-state index in [1.165, 1.54) is 38.5 Å². The Hall–Kier alpha value is -1.12. The maximum absolute atomic E-state index is 4.70. The Labute approximate surface area is 181 Å². The van der Waals surface area contributed by atoms with Crippen molar-refractivity contribution < 1.29 is 6.51 Å². The molecule has 0 bridgehead atoms. The number of halogens is 1. The number of hydrogen-bond acceptors (Lipinski definition) is 0. The Morgan fingerprint density at radius 3 is 1.13 bits per heavy atom. The van der Waals surface area contributed by atoms with E-state index < -0.39 is 14.6 Å². The Morgan fingerprint density at radius 2 is 0.903 bits per heavy atom. The summed E-state index contributed by atoms with van der Waals surface area (Å²) in [5, 5.41) is 5.20. The van der Waals surface area contributed by atoms with Crippen molar-refractivity contribution in [1.29, 1.82) is 0 Å². The molecular weight excluding hydrogens is 500 g/mol. The van der Waals surface area contributed by atoms with Gasteiger partial charge in [0.2, 0.25) is 0 Å². The van der Waals surface area contributed by atoms with Crippen LogP contribution in [0.25, 0.3) is 0 Å². The van der Waals surface area contributed by atoms with Crippen molar-refractivity contribution in [3.8, 4) is 0 Å². The first kappa shape index (κ1) is 14.2. The van der Waals surface area contributed by atoms with E-state index in [0.717, 1.165) is 7.16 Å². The van der Waals surface area contributed by atoms with Crippen molar-refractivity contribution in [3.63, 3.8) is 0 Å². The fourth-order valence-corrected chi connectivity index (χ4v) is 131. The molecule has 0 aliphatic carbocycles. The summed E-state index contributed by atoms with van der Waals surface area (Å²) in [6.45, 7) is -3.61. The first-order chi connectivity index (χ1) is 15.0. The second-order valence-electron chi connectivity index (χ2n) is 14.5. The summed E-state index contributed by atoms with van der Waals surface area (Å²) in [4.78, 5) is 10.1. The van der Waals surface area contributed by atoms with Gasteiger partial charge in [0.15, 0.2) is 0 Å². The van der Waals surface area contributed by atoms with Crippen molar-refractivity contribution in [2.24, 2.45) is 0 Å². The minimum absolute atomic E-state index is 0.748. The third-order valence-electron chi connectivity index (χ3n) is 18.8. The quantitative estimate of drug-likeness (QED) is 0.232. The average molecular weight is 523 g/mol. The molecule has 10 aliphatic rings. The second-order valence-corrected chi connectivity index (χ2v) is 44.3. The van der Waals surface area contributed by atoms with Gasteiger partial charge in [0.05, 0.1) is 0 Å². The molecular formula is C28H23BrFeSi. The van der Waals surface area contributed by atoms with Crippen LogP contribution in [0.3, 0.4) is 0 Å². The molecule has 0 radical (unpaired) electrons. The average Bonchev–Trinajstić information content (AvgIpc) is 3.78. The molecule has 8 unspecified atom stereocenters. The van der Waals surface area contributed by atoms with E-state index in [9.17, 15) is 0 Å². The van der Waals surface area contributed by atoms with Crippen LogP contribution in [0.2, 0.25) is 42.5 Å². The summed E-state index contributed by atoms with van der Waals surface area (Å²) in [6.07, 6.45) is 0. The molecule has 0 saturated carbocycles. The summed E-state index contributed by atoms with van der Waals surface area (Å²) in [7, 11) is -2.14. The molecule has 13 rings (SSSR count). The molecule has 31 heavy (non-hydrogen) atoms. The van der Waals surface area contributed by atoms with Crippen LogP contribution in [-0.2, 0) is 6.51 Å². The third kappa shape index (κ3) is 0.274. The Kier molecular flexibility index (Phi) is 0.852. The molecule has 10 saturated heterocycles. The molecule has 0 nitrogen and oxygen atoms in total. The van der Waals surface area contributed by atoms with E-state index in [1.807, 2.05) is 0 Å². The molecule has 0 N–H and O–H groups in total. The number of rotatable bonds is 4. The zero-order valence-electron chi connectivity index (χ0n) is 17.0. The zero-order chi connectivity index (χ0) is 19.8. The van der Waals surface area contributed by atoms with E-state index in [1.54, 1.807) is 15.6 Å². The number of fused-ring (bicyclic) bond motifs is 10. The van der Waals surface area contributed by atoms with E-state index in [2.05, 4.69) is 91.0 Å². The molecule has 3 aromatic carbocycles. The summed E-state index contributed by atoms with van der Waals surface area (Å²) in [6, 6.07) is 36.1. The van der Waals surface area contributed by atoms with E-state index in [4.69, 9.17) is 15.9 Å². The summed E-state index contributed by atoms with van der Waals surface area (Å²) < 4.78 is 1.52. The van der Waals surface area contributed by atoms with Crippen molar-refractivity contribution in [2.45, 2.75) is 45.7 Å². The first-order valence-corrected chi connectivity index (χ1v) is 21.1. The van der Waals surface area contributed by atoms with Gasteiger partial charge in [-0.25, -0.2) is 0 Å². The zero-order valence-corrected chi connectivity index (χ0v) is 20.7. The van der Waals surface area contributed by atoms with Crippen molar-refractivity contribution in [2.75, 3.05) is 0 Å². The maximum atomic E-state index is 4.70. The summed E-state index contributed by atoms with van der Waals surface area (Å²) in [5.74, 6) is 0.